The summed E-state index contributed by atoms with van der Waals surface area (Å²) >= 11 is 0. The van der Waals surface area contributed by atoms with Crippen LogP contribution in [0.3, 0.4) is 0 Å². The van der Waals surface area contributed by atoms with Gasteiger partial charge in [-0.05, 0) is 35.4 Å². The van der Waals surface area contributed by atoms with Crippen LogP contribution in [0.15, 0.2) is 36.4 Å². The average molecular weight is 296 g/mol. The summed E-state index contributed by atoms with van der Waals surface area (Å²) < 4.78 is 43.1. The number of benzene rings is 2. The fourth-order valence-corrected chi connectivity index (χ4v) is 1.92. The third-order valence-electron chi connectivity index (χ3n) is 2.97. The molecule has 0 aliphatic carbocycles. The Bertz CT molecular complexity index is 678. The number of phenols is 1. The first-order valence-corrected chi connectivity index (χ1v) is 5.90. The van der Waals surface area contributed by atoms with Crippen LogP contribution in [0.1, 0.15) is 15.9 Å². The Hall–Kier alpha value is -2.50. The van der Waals surface area contributed by atoms with Crippen molar-refractivity contribution in [1.82, 2.24) is 0 Å². The fraction of sp³-hybridized carbons (Fsp3) is 0.133. The van der Waals surface area contributed by atoms with Crippen LogP contribution < -0.4 is 4.74 Å². The summed E-state index contributed by atoms with van der Waals surface area (Å²) in [5.41, 5.74) is -0.231. The van der Waals surface area contributed by atoms with Gasteiger partial charge in [-0.15, -0.1) is 0 Å². The van der Waals surface area contributed by atoms with E-state index in [0.717, 1.165) is 12.1 Å². The van der Waals surface area contributed by atoms with Gasteiger partial charge in [-0.2, -0.15) is 13.2 Å². The van der Waals surface area contributed by atoms with Crippen molar-refractivity contribution in [1.29, 1.82) is 0 Å². The van der Waals surface area contributed by atoms with E-state index in [1.54, 1.807) is 0 Å². The molecule has 0 aromatic heterocycles. The molecule has 0 heterocycles. The summed E-state index contributed by atoms with van der Waals surface area (Å²) in [6, 6.07) is 7.37. The van der Waals surface area contributed by atoms with Crippen LogP contribution in [-0.4, -0.2) is 18.5 Å². The third-order valence-corrected chi connectivity index (χ3v) is 2.97. The molecule has 0 unspecified atom stereocenters. The second-order valence-corrected chi connectivity index (χ2v) is 4.31. The summed E-state index contributed by atoms with van der Waals surface area (Å²) in [6.07, 6.45) is -4.04. The summed E-state index contributed by atoms with van der Waals surface area (Å²) in [7, 11) is 1.29. The van der Waals surface area contributed by atoms with E-state index in [-0.39, 0.29) is 22.6 Å². The van der Waals surface area contributed by atoms with Crippen LogP contribution in [-0.2, 0) is 6.18 Å². The number of alkyl halides is 3. The second-order valence-electron chi connectivity index (χ2n) is 4.31. The number of hydrogen-bond donors (Lipinski definition) is 1. The normalized spacial score (nSPS) is 11.2. The van der Waals surface area contributed by atoms with E-state index >= 15 is 0 Å². The van der Waals surface area contributed by atoms with Gasteiger partial charge in [0.15, 0.2) is 17.8 Å². The standard InChI is InChI=1S/C15H11F3O3/c1-21-13-7-10(5-11(8-19)14(13)20)9-3-2-4-12(6-9)15(16,17)18/h2-8,20H,1H3. The lowest BCUT2D eigenvalue weighted by Gasteiger charge is -2.11. The van der Waals surface area contributed by atoms with Crippen molar-refractivity contribution in [3.63, 3.8) is 0 Å². The molecule has 0 radical (unpaired) electrons. The topological polar surface area (TPSA) is 46.5 Å². The molecule has 1 N–H and O–H groups in total. The molecule has 0 saturated carbocycles. The predicted molar refractivity (Wildman–Crippen MR) is 70.5 cm³/mol. The first-order valence-electron chi connectivity index (χ1n) is 5.90. The number of phenolic OH excluding ortho intramolecular Hbond substituents is 1. The molecule has 2 rings (SSSR count). The Morgan fingerprint density at radius 1 is 1.14 bits per heavy atom. The van der Waals surface area contributed by atoms with Gasteiger partial charge in [0.1, 0.15) is 0 Å². The number of ether oxygens (including phenoxy) is 1. The molecular formula is C15H11F3O3. The van der Waals surface area contributed by atoms with Gasteiger partial charge in [0.25, 0.3) is 0 Å². The smallest absolute Gasteiger partial charge is 0.416 e. The minimum Gasteiger partial charge on any atom is -0.504 e. The van der Waals surface area contributed by atoms with E-state index < -0.39 is 11.7 Å². The van der Waals surface area contributed by atoms with Gasteiger partial charge in [0.05, 0.1) is 18.2 Å². The summed E-state index contributed by atoms with van der Waals surface area (Å²) in [6.45, 7) is 0. The quantitative estimate of drug-likeness (QED) is 0.874. The third kappa shape index (κ3) is 2.99. The number of carbonyl (C=O) groups excluding carboxylic acids is 1. The van der Waals surface area contributed by atoms with Gasteiger partial charge in [-0.3, -0.25) is 4.79 Å². The van der Waals surface area contributed by atoms with Gasteiger partial charge < -0.3 is 9.84 Å². The Morgan fingerprint density at radius 2 is 1.86 bits per heavy atom. The van der Waals surface area contributed by atoms with Gasteiger partial charge >= 0.3 is 6.18 Å². The molecule has 0 bridgehead atoms. The van der Waals surface area contributed by atoms with Gasteiger partial charge in [0.2, 0.25) is 0 Å². The largest absolute Gasteiger partial charge is 0.504 e. The Labute approximate surface area is 118 Å². The van der Waals surface area contributed by atoms with Gasteiger partial charge in [-0.25, -0.2) is 0 Å². The lowest BCUT2D eigenvalue weighted by Crippen LogP contribution is -2.04. The number of carbonyl (C=O) groups is 1. The zero-order valence-electron chi connectivity index (χ0n) is 10.9. The molecule has 2 aromatic carbocycles. The maximum absolute atomic E-state index is 12.7. The van der Waals surface area contributed by atoms with E-state index in [4.69, 9.17) is 4.74 Å². The number of methoxy groups -OCH3 is 1. The van der Waals surface area contributed by atoms with Crippen LogP contribution in [0, 0.1) is 0 Å². The SMILES string of the molecule is COc1cc(-c2cccc(C(F)(F)F)c2)cc(C=O)c1O. The molecule has 0 amide bonds. The van der Waals surface area contributed by atoms with Crippen LogP contribution >= 0.6 is 0 Å². The van der Waals surface area contributed by atoms with Crippen LogP contribution in [0.4, 0.5) is 13.2 Å². The number of halogens is 3. The monoisotopic (exact) mass is 296 g/mol. The Kier molecular flexibility index (Phi) is 3.88. The number of aldehydes is 1. The van der Waals surface area contributed by atoms with Crippen molar-refractivity contribution in [2.24, 2.45) is 0 Å². The van der Waals surface area contributed by atoms with Crippen molar-refractivity contribution in [3.8, 4) is 22.6 Å². The van der Waals surface area contributed by atoms with Crippen LogP contribution in [0.5, 0.6) is 11.5 Å². The molecule has 6 heteroatoms. The first-order chi connectivity index (χ1) is 9.86. The summed E-state index contributed by atoms with van der Waals surface area (Å²) in [5, 5.41) is 9.71. The highest BCUT2D eigenvalue weighted by molar-refractivity contribution is 5.85. The van der Waals surface area contributed by atoms with Crippen molar-refractivity contribution in [3.05, 3.63) is 47.5 Å². The van der Waals surface area contributed by atoms with Gasteiger partial charge in [-0.1, -0.05) is 12.1 Å². The highest BCUT2D eigenvalue weighted by atomic mass is 19.4. The molecule has 0 aliphatic heterocycles. The van der Waals surface area contributed by atoms with Crippen molar-refractivity contribution >= 4 is 6.29 Å². The first kappa shape index (κ1) is 14.9. The molecule has 0 saturated heterocycles. The van der Waals surface area contributed by atoms with Crippen molar-refractivity contribution in [2.75, 3.05) is 7.11 Å². The Balaban J connectivity index is 2.59. The minimum atomic E-state index is -4.45. The maximum atomic E-state index is 12.7. The maximum Gasteiger partial charge on any atom is 0.416 e. The molecule has 3 nitrogen and oxygen atoms in total. The summed E-state index contributed by atoms with van der Waals surface area (Å²) in [5.74, 6) is -0.324. The fourth-order valence-electron chi connectivity index (χ4n) is 1.92. The molecular weight excluding hydrogens is 285 g/mol. The molecule has 110 valence electrons. The predicted octanol–water partition coefficient (Wildman–Crippen LogP) is 3.90. The van der Waals surface area contributed by atoms with Crippen LogP contribution in [0.25, 0.3) is 11.1 Å². The average Bonchev–Trinajstić information content (AvgIpc) is 2.46. The van der Waals surface area contributed by atoms with E-state index in [1.165, 1.54) is 31.4 Å². The van der Waals surface area contributed by atoms with E-state index in [2.05, 4.69) is 0 Å². The number of hydrogen-bond acceptors (Lipinski definition) is 3. The summed E-state index contributed by atoms with van der Waals surface area (Å²) in [4.78, 5) is 10.9. The lowest BCUT2D eigenvalue weighted by atomic mass is 10.00. The number of rotatable bonds is 3. The van der Waals surface area contributed by atoms with E-state index in [1.807, 2.05) is 0 Å². The zero-order valence-corrected chi connectivity index (χ0v) is 10.9. The molecule has 21 heavy (non-hydrogen) atoms. The van der Waals surface area contributed by atoms with Crippen molar-refractivity contribution < 1.29 is 27.8 Å². The van der Waals surface area contributed by atoms with Gasteiger partial charge in [0, 0.05) is 0 Å². The Morgan fingerprint density at radius 3 is 2.43 bits per heavy atom. The number of aromatic hydroxyl groups is 1. The minimum absolute atomic E-state index is 0.0204. The molecule has 0 aliphatic rings. The molecule has 0 atom stereocenters. The molecule has 2 aromatic rings. The van der Waals surface area contributed by atoms with Crippen LogP contribution in [0.2, 0.25) is 0 Å². The highest BCUT2D eigenvalue weighted by Crippen LogP contribution is 2.37. The molecule has 0 fully saturated rings. The second kappa shape index (κ2) is 5.47. The molecule has 0 spiro atoms. The zero-order chi connectivity index (χ0) is 15.6. The van der Waals surface area contributed by atoms with Crippen molar-refractivity contribution in [2.45, 2.75) is 6.18 Å². The highest BCUT2D eigenvalue weighted by Gasteiger charge is 2.30. The van der Waals surface area contributed by atoms with E-state index in [0.29, 0.717) is 11.8 Å². The lowest BCUT2D eigenvalue weighted by molar-refractivity contribution is -0.137. The van der Waals surface area contributed by atoms with E-state index in [9.17, 15) is 23.1 Å².